The fraction of sp³-hybridized carbons (Fsp3) is 0.111. The van der Waals surface area contributed by atoms with Crippen LogP contribution in [0, 0.1) is 0 Å². The molecule has 2 N–H and O–H groups in total. The van der Waals surface area contributed by atoms with Crippen molar-refractivity contribution >= 4 is 33.6 Å². The normalized spacial score (nSPS) is 10.6. The van der Waals surface area contributed by atoms with Gasteiger partial charge < -0.3 is 5.32 Å². The van der Waals surface area contributed by atoms with Gasteiger partial charge in [0.2, 0.25) is 16.3 Å². The molecule has 0 radical (unpaired) electrons. The summed E-state index contributed by atoms with van der Waals surface area (Å²) in [7, 11) is -3.43. The number of aldehydes is 1. The number of nitrogens with one attached hydrogen (secondary N) is 2. The van der Waals surface area contributed by atoms with Crippen molar-refractivity contribution in [2.75, 3.05) is 16.3 Å². The summed E-state index contributed by atoms with van der Waals surface area (Å²) in [4.78, 5) is 21.0. The summed E-state index contributed by atoms with van der Waals surface area (Å²) in [5.41, 5.74) is 0.435. The average Bonchev–Trinajstić information content (AvgIpc) is 2.18. The summed E-state index contributed by atoms with van der Waals surface area (Å²) in [5.74, 6) is -0.845. The number of carbonyl (C=O) groups excluding carboxylic acids is 2. The van der Waals surface area contributed by atoms with Crippen molar-refractivity contribution in [1.82, 2.24) is 0 Å². The minimum Gasteiger partial charge on any atom is -0.318 e. The van der Waals surface area contributed by atoms with Crippen molar-refractivity contribution < 1.29 is 18.0 Å². The zero-order chi connectivity index (χ0) is 12.2. The summed E-state index contributed by atoms with van der Waals surface area (Å²) < 4.78 is 24.3. The van der Waals surface area contributed by atoms with Gasteiger partial charge in [-0.05, 0) is 12.1 Å². The summed E-state index contributed by atoms with van der Waals surface area (Å²) in [6.07, 6.45) is 1.10. The van der Waals surface area contributed by atoms with Crippen LogP contribution in [0.15, 0.2) is 24.3 Å². The van der Waals surface area contributed by atoms with Crippen LogP contribution in [-0.4, -0.2) is 26.9 Å². The van der Waals surface area contributed by atoms with Gasteiger partial charge in [0.15, 0.2) is 0 Å². The van der Waals surface area contributed by atoms with Crippen LogP contribution in [0.3, 0.4) is 0 Å². The van der Waals surface area contributed by atoms with Gasteiger partial charge in [0.1, 0.15) is 0 Å². The molecule has 0 fully saturated rings. The van der Waals surface area contributed by atoms with E-state index in [0.29, 0.717) is 0 Å². The molecule has 1 amide bonds. The largest absolute Gasteiger partial charge is 0.318 e. The van der Waals surface area contributed by atoms with Crippen LogP contribution in [0.4, 0.5) is 11.4 Å². The van der Waals surface area contributed by atoms with E-state index in [9.17, 15) is 18.0 Å². The first-order valence-electron chi connectivity index (χ1n) is 4.25. The molecule has 0 atom stereocenters. The van der Waals surface area contributed by atoms with E-state index < -0.39 is 15.9 Å². The molecule has 0 aliphatic rings. The van der Waals surface area contributed by atoms with E-state index in [1.165, 1.54) is 12.1 Å². The molecule has 0 unspecified atom stereocenters. The van der Waals surface area contributed by atoms with Crippen LogP contribution in [0.1, 0.15) is 0 Å². The van der Waals surface area contributed by atoms with Gasteiger partial charge in [0.05, 0.1) is 17.6 Å². The Morgan fingerprint density at radius 3 is 2.31 bits per heavy atom. The number of sulfonamides is 1. The third-order valence-corrected chi connectivity index (χ3v) is 2.18. The molecule has 0 saturated carbocycles. The zero-order valence-corrected chi connectivity index (χ0v) is 9.24. The molecule has 16 heavy (non-hydrogen) atoms. The number of benzene rings is 1. The van der Waals surface area contributed by atoms with Crippen molar-refractivity contribution in [2.45, 2.75) is 0 Å². The van der Waals surface area contributed by atoms with Crippen LogP contribution in [0.25, 0.3) is 0 Å². The monoisotopic (exact) mass is 242 g/mol. The molecule has 0 spiro atoms. The molecule has 0 aromatic heterocycles. The quantitative estimate of drug-likeness (QED) is 0.582. The van der Waals surface area contributed by atoms with Crippen molar-refractivity contribution in [1.29, 1.82) is 0 Å². The topological polar surface area (TPSA) is 92.3 Å². The maximum absolute atomic E-state index is 11.0. The molecular formula is C9H10N2O4S. The molecule has 0 bridgehead atoms. The van der Waals surface area contributed by atoms with E-state index in [4.69, 9.17) is 0 Å². The number of hydrogen-bond donors (Lipinski definition) is 2. The van der Waals surface area contributed by atoms with Gasteiger partial charge in [0.25, 0.3) is 5.91 Å². The first-order chi connectivity index (χ1) is 7.42. The SMILES string of the molecule is CS(=O)(=O)Nc1ccccc1NC(=O)C=O. The fourth-order valence-electron chi connectivity index (χ4n) is 1.04. The molecule has 1 aromatic rings. The Labute approximate surface area is 92.7 Å². The van der Waals surface area contributed by atoms with Gasteiger partial charge in [-0.15, -0.1) is 0 Å². The Balaban J connectivity index is 3.00. The second-order valence-corrected chi connectivity index (χ2v) is 4.78. The van der Waals surface area contributed by atoms with Gasteiger partial charge in [-0.1, -0.05) is 12.1 Å². The molecule has 0 saturated heterocycles. The van der Waals surface area contributed by atoms with Crippen molar-refractivity contribution in [3.63, 3.8) is 0 Å². The smallest absolute Gasteiger partial charge is 0.288 e. The highest BCUT2D eigenvalue weighted by Crippen LogP contribution is 2.21. The van der Waals surface area contributed by atoms with Gasteiger partial charge in [-0.3, -0.25) is 14.3 Å². The standard InChI is InChI=1S/C9H10N2O4S/c1-16(14,15)11-8-5-3-2-4-7(8)10-9(13)6-12/h2-6,11H,1H3,(H,10,13). The first-order valence-corrected chi connectivity index (χ1v) is 6.14. The highest BCUT2D eigenvalue weighted by Gasteiger charge is 2.08. The maximum Gasteiger partial charge on any atom is 0.288 e. The maximum atomic E-state index is 11.0. The molecule has 1 aromatic carbocycles. The summed E-state index contributed by atoms with van der Waals surface area (Å²) in [6, 6.07) is 6.16. The average molecular weight is 242 g/mol. The lowest BCUT2D eigenvalue weighted by Gasteiger charge is -2.09. The number of hydrogen-bond acceptors (Lipinski definition) is 4. The predicted octanol–water partition coefficient (Wildman–Crippen LogP) is 0.195. The Bertz CT molecular complexity index is 510. The molecule has 0 heterocycles. The molecular weight excluding hydrogens is 232 g/mol. The van der Waals surface area contributed by atoms with E-state index in [0.717, 1.165) is 6.26 Å². The van der Waals surface area contributed by atoms with Gasteiger partial charge in [0, 0.05) is 0 Å². The highest BCUT2D eigenvalue weighted by atomic mass is 32.2. The van der Waals surface area contributed by atoms with Crippen LogP contribution in [-0.2, 0) is 19.6 Å². The number of rotatable bonds is 4. The second kappa shape index (κ2) is 4.75. The van der Waals surface area contributed by atoms with Crippen LogP contribution < -0.4 is 10.0 Å². The Hall–Kier alpha value is -1.89. The number of amides is 1. The van der Waals surface area contributed by atoms with Crippen molar-refractivity contribution in [3.8, 4) is 0 Å². The molecule has 0 aliphatic heterocycles. The number of anilines is 2. The van der Waals surface area contributed by atoms with Crippen LogP contribution in [0.5, 0.6) is 0 Å². The first kappa shape index (κ1) is 12.2. The second-order valence-electron chi connectivity index (χ2n) is 3.03. The molecule has 0 aliphatic carbocycles. The lowest BCUT2D eigenvalue weighted by Crippen LogP contribution is -2.16. The lowest BCUT2D eigenvalue weighted by atomic mass is 10.3. The third kappa shape index (κ3) is 3.70. The minimum absolute atomic E-state index is 0.108. The van der Waals surface area contributed by atoms with Gasteiger partial charge in [-0.2, -0.15) is 0 Å². The number of carbonyl (C=O) groups is 2. The summed E-state index contributed by atoms with van der Waals surface area (Å²) in [5, 5.41) is 2.25. The summed E-state index contributed by atoms with van der Waals surface area (Å²) in [6.45, 7) is 0. The molecule has 7 heteroatoms. The van der Waals surface area contributed by atoms with Crippen molar-refractivity contribution in [3.05, 3.63) is 24.3 Å². The van der Waals surface area contributed by atoms with E-state index in [1.807, 2.05) is 0 Å². The zero-order valence-electron chi connectivity index (χ0n) is 8.43. The third-order valence-electron chi connectivity index (χ3n) is 1.59. The fourth-order valence-corrected chi connectivity index (χ4v) is 1.62. The highest BCUT2D eigenvalue weighted by molar-refractivity contribution is 7.92. The van der Waals surface area contributed by atoms with Gasteiger partial charge in [-0.25, -0.2) is 8.42 Å². The molecule has 1 rings (SSSR count). The van der Waals surface area contributed by atoms with E-state index in [-0.39, 0.29) is 17.7 Å². The van der Waals surface area contributed by atoms with Crippen molar-refractivity contribution in [2.24, 2.45) is 0 Å². The Morgan fingerprint density at radius 1 is 1.25 bits per heavy atom. The van der Waals surface area contributed by atoms with Crippen LogP contribution >= 0.6 is 0 Å². The number of para-hydroxylation sites is 2. The van der Waals surface area contributed by atoms with E-state index in [2.05, 4.69) is 10.0 Å². The Kier molecular flexibility index (Phi) is 3.62. The molecule has 6 nitrogen and oxygen atoms in total. The van der Waals surface area contributed by atoms with E-state index in [1.54, 1.807) is 12.1 Å². The molecule has 86 valence electrons. The lowest BCUT2D eigenvalue weighted by molar-refractivity contribution is -0.127. The van der Waals surface area contributed by atoms with E-state index >= 15 is 0 Å². The van der Waals surface area contributed by atoms with Crippen LogP contribution in [0.2, 0.25) is 0 Å². The van der Waals surface area contributed by atoms with Gasteiger partial charge >= 0.3 is 0 Å². The Morgan fingerprint density at radius 2 is 1.81 bits per heavy atom. The predicted molar refractivity (Wildman–Crippen MR) is 59.6 cm³/mol. The summed E-state index contributed by atoms with van der Waals surface area (Å²) >= 11 is 0. The minimum atomic E-state index is -3.43.